The molecule has 0 spiro atoms. The highest BCUT2D eigenvalue weighted by Crippen LogP contribution is 2.24. The summed E-state index contributed by atoms with van der Waals surface area (Å²) in [5.74, 6) is -0.177. The Morgan fingerprint density at radius 2 is 1.56 bits per heavy atom. The Morgan fingerprint density at radius 1 is 0.846 bits per heavy atom. The number of carbonyl (C=O) groups excluding carboxylic acids is 3. The first-order chi connectivity index (χ1) is 18.9. The number of para-hydroxylation sites is 1. The van der Waals surface area contributed by atoms with Gasteiger partial charge in [0.1, 0.15) is 11.4 Å². The van der Waals surface area contributed by atoms with Gasteiger partial charge in [-0.05, 0) is 66.7 Å². The third kappa shape index (κ3) is 7.83. The number of thioether (sulfide) groups is 1. The van der Waals surface area contributed by atoms with Crippen molar-refractivity contribution in [1.82, 2.24) is 5.32 Å². The second-order valence-corrected chi connectivity index (χ2v) is 9.81. The van der Waals surface area contributed by atoms with E-state index >= 15 is 0 Å². The molecule has 196 valence electrons. The van der Waals surface area contributed by atoms with Crippen molar-refractivity contribution in [3.05, 3.63) is 131 Å². The molecular formula is C31H25ClN2O4S. The molecule has 4 aromatic carbocycles. The predicted octanol–water partition coefficient (Wildman–Crippen LogP) is 6.73. The van der Waals surface area contributed by atoms with Crippen LogP contribution in [0.1, 0.15) is 26.3 Å². The van der Waals surface area contributed by atoms with Gasteiger partial charge in [0.2, 0.25) is 0 Å². The quantitative estimate of drug-likeness (QED) is 0.128. The fraction of sp³-hybridized carbons (Fsp3) is 0.0645. The van der Waals surface area contributed by atoms with Crippen LogP contribution in [0.4, 0.5) is 5.69 Å². The van der Waals surface area contributed by atoms with Crippen molar-refractivity contribution in [1.29, 1.82) is 0 Å². The van der Waals surface area contributed by atoms with Gasteiger partial charge in [-0.15, -0.1) is 11.8 Å². The van der Waals surface area contributed by atoms with Crippen LogP contribution in [0.5, 0.6) is 5.75 Å². The molecule has 0 saturated carbocycles. The van der Waals surface area contributed by atoms with Crippen molar-refractivity contribution < 1.29 is 19.1 Å². The average Bonchev–Trinajstić information content (AvgIpc) is 2.96. The Balaban J connectivity index is 1.51. The SMILES string of the molecule is COc1ccccc1/C=C(\NC(=O)c1ccccc1)C(=O)Nc1cccc(SCC(=O)c2ccc(Cl)cc2)c1. The van der Waals surface area contributed by atoms with Crippen LogP contribution in [0, 0.1) is 0 Å². The number of rotatable bonds is 10. The van der Waals surface area contributed by atoms with E-state index in [2.05, 4.69) is 10.6 Å². The van der Waals surface area contributed by atoms with Crippen LogP contribution in [0.3, 0.4) is 0 Å². The Hall–Kier alpha value is -4.33. The summed E-state index contributed by atoms with van der Waals surface area (Å²) < 4.78 is 5.41. The molecule has 4 aromatic rings. The fourth-order valence-electron chi connectivity index (χ4n) is 3.61. The molecule has 8 heteroatoms. The Bertz CT molecular complexity index is 1500. The zero-order valence-corrected chi connectivity index (χ0v) is 22.6. The third-order valence-electron chi connectivity index (χ3n) is 5.60. The minimum atomic E-state index is -0.510. The summed E-state index contributed by atoms with van der Waals surface area (Å²) in [6.07, 6.45) is 1.57. The molecule has 0 heterocycles. The summed E-state index contributed by atoms with van der Waals surface area (Å²) in [5.41, 5.74) is 2.19. The van der Waals surface area contributed by atoms with E-state index in [9.17, 15) is 14.4 Å². The number of ether oxygens (including phenoxy) is 1. The van der Waals surface area contributed by atoms with Crippen LogP contribution in [-0.4, -0.2) is 30.5 Å². The number of carbonyl (C=O) groups is 3. The Kier molecular flexibility index (Phi) is 9.56. The molecule has 4 rings (SSSR count). The normalized spacial score (nSPS) is 11.0. The highest BCUT2D eigenvalue weighted by Gasteiger charge is 2.16. The topological polar surface area (TPSA) is 84.5 Å². The molecule has 0 radical (unpaired) electrons. The minimum Gasteiger partial charge on any atom is -0.496 e. The lowest BCUT2D eigenvalue weighted by Gasteiger charge is -2.13. The smallest absolute Gasteiger partial charge is 0.272 e. The second kappa shape index (κ2) is 13.5. The average molecular weight is 557 g/mol. The van der Waals surface area contributed by atoms with Gasteiger partial charge >= 0.3 is 0 Å². The van der Waals surface area contributed by atoms with Crippen LogP contribution in [0.2, 0.25) is 5.02 Å². The summed E-state index contributed by atoms with van der Waals surface area (Å²) >= 11 is 7.26. The van der Waals surface area contributed by atoms with Gasteiger partial charge in [0.25, 0.3) is 11.8 Å². The fourth-order valence-corrected chi connectivity index (χ4v) is 4.59. The van der Waals surface area contributed by atoms with Gasteiger partial charge in [0.15, 0.2) is 5.78 Å². The number of benzene rings is 4. The third-order valence-corrected chi connectivity index (χ3v) is 6.84. The number of hydrogen-bond acceptors (Lipinski definition) is 5. The molecule has 0 unspecified atom stereocenters. The number of methoxy groups -OCH3 is 1. The Morgan fingerprint density at radius 3 is 2.31 bits per heavy atom. The number of nitrogens with one attached hydrogen (secondary N) is 2. The molecule has 0 aromatic heterocycles. The summed E-state index contributed by atoms with van der Waals surface area (Å²) in [5, 5.41) is 6.14. The monoisotopic (exact) mass is 556 g/mol. The predicted molar refractivity (Wildman–Crippen MR) is 156 cm³/mol. The van der Waals surface area contributed by atoms with E-state index in [-0.39, 0.29) is 17.2 Å². The molecule has 6 nitrogen and oxygen atoms in total. The first-order valence-corrected chi connectivity index (χ1v) is 13.3. The highest BCUT2D eigenvalue weighted by atomic mass is 35.5. The molecule has 39 heavy (non-hydrogen) atoms. The van der Waals surface area contributed by atoms with E-state index in [0.29, 0.717) is 33.1 Å². The molecule has 0 aliphatic heterocycles. The maximum absolute atomic E-state index is 13.4. The van der Waals surface area contributed by atoms with Gasteiger partial charge in [-0.1, -0.05) is 54.1 Å². The first-order valence-electron chi connectivity index (χ1n) is 12.0. The molecule has 0 aliphatic rings. The van der Waals surface area contributed by atoms with Crippen LogP contribution in [0.15, 0.2) is 114 Å². The van der Waals surface area contributed by atoms with Crippen LogP contribution in [-0.2, 0) is 4.79 Å². The number of ketones is 1. The summed E-state index contributed by atoms with van der Waals surface area (Å²) in [6.45, 7) is 0. The van der Waals surface area contributed by atoms with Gasteiger partial charge < -0.3 is 15.4 Å². The number of halogens is 1. The van der Waals surface area contributed by atoms with Crippen LogP contribution < -0.4 is 15.4 Å². The highest BCUT2D eigenvalue weighted by molar-refractivity contribution is 8.00. The maximum atomic E-state index is 13.4. The van der Waals surface area contributed by atoms with Gasteiger partial charge in [-0.2, -0.15) is 0 Å². The Labute approximate surface area is 236 Å². The van der Waals surface area contributed by atoms with Gasteiger partial charge in [-0.25, -0.2) is 0 Å². The number of hydrogen-bond donors (Lipinski definition) is 2. The largest absolute Gasteiger partial charge is 0.496 e. The van der Waals surface area contributed by atoms with Gasteiger partial charge in [0, 0.05) is 32.3 Å². The summed E-state index contributed by atoms with van der Waals surface area (Å²) in [4.78, 5) is 39.6. The molecule has 2 N–H and O–H groups in total. The molecule has 0 aliphatic carbocycles. The van der Waals surface area contributed by atoms with E-state index in [1.807, 2.05) is 24.3 Å². The lowest BCUT2D eigenvalue weighted by atomic mass is 10.1. The lowest BCUT2D eigenvalue weighted by Crippen LogP contribution is -2.30. The van der Waals surface area contributed by atoms with E-state index in [0.717, 1.165) is 4.90 Å². The molecular weight excluding hydrogens is 532 g/mol. The first kappa shape index (κ1) is 27.7. The van der Waals surface area contributed by atoms with Crippen molar-refractivity contribution in [3.63, 3.8) is 0 Å². The molecule has 2 amide bonds. The maximum Gasteiger partial charge on any atom is 0.272 e. The van der Waals surface area contributed by atoms with Crippen molar-refractivity contribution in [2.75, 3.05) is 18.2 Å². The van der Waals surface area contributed by atoms with E-state index < -0.39 is 11.8 Å². The lowest BCUT2D eigenvalue weighted by molar-refractivity contribution is -0.113. The van der Waals surface area contributed by atoms with E-state index in [1.165, 1.54) is 18.9 Å². The van der Waals surface area contributed by atoms with Crippen molar-refractivity contribution in [3.8, 4) is 5.75 Å². The van der Waals surface area contributed by atoms with Crippen molar-refractivity contribution in [2.24, 2.45) is 0 Å². The molecule has 0 atom stereocenters. The molecule has 0 fully saturated rings. The van der Waals surface area contributed by atoms with E-state index in [1.54, 1.807) is 84.9 Å². The van der Waals surface area contributed by atoms with Crippen molar-refractivity contribution in [2.45, 2.75) is 4.90 Å². The van der Waals surface area contributed by atoms with Crippen LogP contribution in [0.25, 0.3) is 6.08 Å². The molecule has 0 saturated heterocycles. The zero-order valence-electron chi connectivity index (χ0n) is 21.0. The summed E-state index contributed by atoms with van der Waals surface area (Å²) in [7, 11) is 1.54. The minimum absolute atomic E-state index is 0.0308. The van der Waals surface area contributed by atoms with Gasteiger partial charge in [0.05, 0.1) is 12.9 Å². The zero-order chi connectivity index (χ0) is 27.6. The van der Waals surface area contributed by atoms with E-state index in [4.69, 9.17) is 16.3 Å². The molecule has 0 bridgehead atoms. The number of anilines is 1. The van der Waals surface area contributed by atoms with Crippen LogP contribution >= 0.6 is 23.4 Å². The van der Waals surface area contributed by atoms with Gasteiger partial charge in [-0.3, -0.25) is 14.4 Å². The second-order valence-electron chi connectivity index (χ2n) is 8.32. The number of Topliss-reactive ketones (excluding diaryl/α,β-unsaturated/α-hetero) is 1. The standard InChI is InChI=1S/C31H25ClN2O4S/c1-38-29-13-6-5-10-23(29)18-27(34-30(36)22-8-3-2-4-9-22)31(37)33-25-11-7-12-26(19-25)39-20-28(35)21-14-16-24(32)17-15-21/h2-19H,20H2,1H3,(H,33,37)(H,34,36)/b27-18-. The summed E-state index contributed by atoms with van der Waals surface area (Å²) in [6, 6.07) is 29.8. The van der Waals surface area contributed by atoms with Crippen molar-refractivity contribution >= 4 is 52.7 Å². The number of amides is 2.